The van der Waals surface area contributed by atoms with Gasteiger partial charge in [0.2, 0.25) is 11.5 Å². The van der Waals surface area contributed by atoms with Crippen molar-refractivity contribution in [2.24, 2.45) is 0 Å². The van der Waals surface area contributed by atoms with Crippen LogP contribution >= 0.6 is 0 Å². The number of ether oxygens (including phenoxy) is 1. The predicted octanol–water partition coefficient (Wildman–Crippen LogP) is 3.52. The van der Waals surface area contributed by atoms with Crippen molar-refractivity contribution < 1.29 is 44.3 Å². The molecule has 0 saturated carbocycles. The van der Waals surface area contributed by atoms with E-state index in [-0.39, 0.29) is 18.0 Å². The lowest BCUT2D eigenvalue weighted by Gasteiger charge is -2.01. The normalized spacial score (nSPS) is 9.76. The van der Waals surface area contributed by atoms with Crippen LogP contribution in [0.3, 0.4) is 0 Å². The van der Waals surface area contributed by atoms with Gasteiger partial charge >= 0.3 is 17.9 Å². The number of ketones is 1. The van der Waals surface area contributed by atoms with Gasteiger partial charge in [0.15, 0.2) is 5.78 Å². The Morgan fingerprint density at radius 3 is 1.44 bits per heavy atom. The van der Waals surface area contributed by atoms with E-state index in [1.165, 1.54) is 13.0 Å². The number of aliphatic hydroxyl groups excluding tert-OH is 1. The van der Waals surface area contributed by atoms with E-state index in [0.29, 0.717) is 6.42 Å². The van der Waals surface area contributed by atoms with Crippen molar-refractivity contribution >= 4 is 23.7 Å². The van der Waals surface area contributed by atoms with Gasteiger partial charge in [-0.3, -0.25) is 4.79 Å². The number of carboxylic acid groups (broad SMARTS) is 3. The van der Waals surface area contributed by atoms with Gasteiger partial charge in [-0.25, -0.2) is 14.4 Å². The Morgan fingerprint density at radius 2 is 1.15 bits per heavy atom. The van der Waals surface area contributed by atoms with E-state index in [9.17, 15) is 19.2 Å². The highest BCUT2D eigenvalue weighted by molar-refractivity contribution is 6.08. The smallest absolute Gasteiger partial charge is 0.371 e. The first-order chi connectivity index (χ1) is 16.0. The number of aliphatic carboxylic acids is 3. The second-order valence-electron chi connectivity index (χ2n) is 6.32. The monoisotopic (exact) mass is 470 g/mol. The van der Waals surface area contributed by atoms with Crippen LogP contribution < -0.4 is 0 Å². The predicted molar refractivity (Wildman–Crippen MR) is 124 cm³/mol. The summed E-state index contributed by atoms with van der Waals surface area (Å²) in [6.45, 7) is 7.36. The largest absolute Gasteiger partial charge is 0.478 e. The molecule has 0 saturated heterocycles. The molecule has 2 aromatic rings. The van der Waals surface area contributed by atoms with E-state index in [0.717, 1.165) is 11.1 Å². The average Bonchev–Trinajstić information content (AvgIpc) is 2.83. The van der Waals surface area contributed by atoms with Gasteiger partial charge in [0.05, 0.1) is 0 Å². The van der Waals surface area contributed by atoms with Crippen LogP contribution in [0.4, 0.5) is 0 Å². The molecule has 9 nitrogen and oxygen atoms in total. The maximum Gasteiger partial charge on any atom is 0.371 e. The summed E-state index contributed by atoms with van der Waals surface area (Å²) in [7, 11) is 0. The molecule has 0 aliphatic rings. The van der Waals surface area contributed by atoms with Gasteiger partial charge in [0.25, 0.3) is 0 Å². The van der Waals surface area contributed by atoms with Crippen LogP contribution in [0.5, 0.6) is 0 Å². The topological polar surface area (TPSA) is 158 Å². The summed E-state index contributed by atoms with van der Waals surface area (Å²) >= 11 is 0. The van der Waals surface area contributed by atoms with Crippen LogP contribution in [0.15, 0.2) is 97.0 Å². The molecule has 0 fully saturated rings. The van der Waals surface area contributed by atoms with Crippen LogP contribution in [-0.2, 0) is 19.1 Å². The molecule has 0 spiro atoms. The number of carbonyl (C=O) groups excluding carboxylic acids is 1. The molecule has 0 aliphatic heterocycles. The number of carbonyl (C=O) groups is 4. The lowest BCUT2D eigenvalue weighted by Crippen LogP contribution is -2.08. The van der Waals surface area contributed by atoms with Crippen LogP contribution in [0.25, 0.3) is 0 Å². The second kappa shape index (κ2) is 16.2. The molecule has 0 aromatic heterocycles. The third-order valence-electron chi connectivity index (χ3n) is 3.71. The van der Waals surface area contributed by atoms with Crippen molar-refractivity contribution in [3.63, 3.8) is 0 Å². The molecule has 0 radical (unpaired) electrons. The Labute approximate surface area is 196 Å². The highest BCUT2D eigenvalue weighted by Crippen LogP contribution is 2.08. The third-order valence-corrected chi connectivity index (χ3v) is 3.71. The fraction of sp³-hybridized carbons (Fsp3) is 0.120. The molecule has 0 bridgehead atoms. The second-order valence-corrected chi connectivity index (χ2v) is 6.32. The molecule has 180 valence electrons. The Kier molecular flexibility index (Phi) is 14.0. The number of hydrogen-bond donors (Lipinski definition) is 4. The molecule has 0 atom stereocenters. The fourth-order valence-corrected chi connectivity index (χ4v) is 1.95. The third kappa shape index (κ3) is 12.4. The minimum Gasteiger partial charge on any atom is -0.478 e. The molecule has 2 aromatic carbocycles. The highest BCUT2D eigenvalue weighted by atomic mass is 16.5. The Morgan fingerprint density at radius 1 is 0.765 bits per heavy atom. The molecular weight excluding hydrogens is 444 g/mol. The summed E-state index contributed by atoms with van der Waals surface area (Å²) in [5.41, 5.74) is 1.75. The van der Waals surface area contributed by atoms with Gasteiger partial charge in [-0.15, -0.1) is 0 Å². The van der Waals surface area contributed by atoms with E-state index < -0.39 is 29.4 Å². The minimum atomic E-state index is -1.42. The van der Waals surface area contributed by atoms with Crippen molar-refractivity contribution in [3.8, 4) is 0 Å². The molecule has 4 N–H and O–H groups in total. The number of aliphatic hydroxyl groups is 1. The standard InChI is InChI=1S/C13H10O.C6H6O5.C6H10O3/c14-13(11-7-3-1-4-8-11)12-9-5-2-6-10-12;1-3(5(7)8)11-4(2)6(9)10;1-5(6(8)9)3-2-4-7/h1-10H;1-2H2,(H,7,8)(H,9,10);3,7H,2,4H2,1H3,(H,8,9)/b;;5-3+. The molecule has 9 heteroatoms. The zero-order valence-electron chi connectivity index (χ0n) is 18.5. The Bertz CT molecular complexity index is 957. The number of carboxylic acids is 3. The maximum absolute atomic E-state index is 11.8. The van der Waals surface area contributed by atoms with E-state index in [1.54, 1.807) is 0 Å². The first kappa shape index (κ1) is 29.5. The number of benzene rings is 2. The number of rotatable bonds is 9. The Balaban J connectivity index is 0.000000497. The van der Waals surface area contributed by atoms with Crippen molar-refractivity contribution in [3.05, 3.63) is 108 Å². The average molecular weight is 470 g/mol. The fourth-order valence-electron chi connectivity index (χ4n) is 1.95. The van der Waals surface area contributed by atoms with Crippen molar-refractivity contribution in [1.29, 1.82) is 0 Å². The van der Waals surface area contributed by atoms with E-state index in [4.69, 9.17) is 20.4 Å². The zero-order chi connectivity index (χ0) is 26.1. The van der Waals surface area contributed by atoms with E-state index in [2.05, 4.69) is 17.9 Å². The summed E-state index contributed by atoms with van der Waals surface area (Å²) in [6.07, 6.45) is 1.90. The molecule has 0 unspecified atom stereocenters. The van der Waals surface area contributed by atoms with Crippen molar-refractivity contribution in [2.75, 3.05) is 6.61 Å². The van der Waals surface area contributed by atoms with Gasteiger partial charge in [-0.05, 0) is 26.5 Å². The Hall–Kier alpha value is -4.50. The van der Waals surface area contributed by atoms with Crippen LogP contribution in [0, 0.1) is 0 Å². The maximum atomic E-state index is 11.8. The summed E-state index contributed by atoms with van der Waals surface area (Å²) in [6, 6.07) is 18.6. The van der Waals surface area contributed by atoms with Crippen molar-refractivity contribution in [2.45, 2.75) is 13.3 Å². The van der Waals surface area contributed by atoms with Gasteiger partial charge in [-0.1, -0.05) is 66.7 Å². The van der Waals surface area contributed by atoms with E-state index in [1.807, 2.05) is 60.7 Å². The van der Waals surface area contributed by atoms with Crippen LogP contribution in [0.2, 0.25) is 0 Å². The molecule has 0 amide bonds. The van der Waals surface area contributed by atoms with Crippen LogP contribution in [-0.4, -0.2) is 50.7 Å². The van der Waals surface area contributed by atoms with Crippen LogP contribution in [0.1, 0.15) is 29.3 Å². The first-order valence-corrected chi connectivity index (χ1v) is 9.69. The molecule has 2 rings (SSSR count). The lowest BCUT2D eigenvalue weighted by atomic mass is 10.0. The highest BCUT2D eigenvalue weighted by Gasteiger charge is 2.11. The van der Waals surface area contributed by atoms with Gasteiger partial charge < -0.3 is 25.2 Å². The lowest BCUT2D eigenvalue weighted by molar-refractivity contribution is -0.139. The van der Waals surface area contributed by atoms with Gasteiger partial charge in [-0.2, -0.15) is 0 Å². The molecule has 0 heterocycles. The summed E-state index contributed by atoms with van der Waals surface area (Å²) in [5.74, 6) is -5.04. The zero-order valence-corrected chi connectivity index (χ0v) is 18.5. The summed E-state index contributed by atoms with van der Waals surface area (Å²) in [4.78, 5) is 41.9. The van der Waals surface area contributed by atoms with E-state index >= 15 is 0 Å². The molecular formula is C25H26O9. The quantitative estimate of drug-likeness (QED) is 0.244. The summed E-state index contributed by atoms with van der Waals surface area (Å²) < 4.78 is 4.19. The molecule has 34 heavy (non-hydrogen) atoms. The number of hydrogen-bond acceptors (Lipinski definition) is 6. The van der Waals surface area contributed by atoms with Gasteiger partial charge in [0.1, 0.15) is 0 Å². The molecule has 0 aliphatic carbocycles. The van der Waals surface area contributed by atoms with Crippen molar-refractivity contribution in [1.82, 2.24) is 0 Å². The SMILES string of the molecule is C/C(=C\CCO)C(=O)O.C=C(OC(=C)C(=O)O)C(=O)O.O=C(c1ccccc1)c1ccccc1. The van der Waals surface area contributed by atoms with Gasteiger partial charge in [0, 0.05) is 23.3 Å². The first-order valence-electron chi connectivity index (χ1n) is 9.69. The summed E-state index contributed by atoms with van der Waals surface area (Å²) in [5, 5.41) is 32.8. The minimum absolute atomic E-state index is 0.00458.